The molecule has 0 saturated carbocycles. The summed E-state index contributed by atoms with van der Waals surface area (Å²) < 4.78 is 10.5. The fourth-order valence-corrected chi connectivity index (χ4v) is 2.95. The lowest BCUT2D eigenvalue weighted by Crippen LogP contribution is -2.40. The Bertz CT molecular complexity index is 566. The van der Waals surface area contributed by atoms with Crippen molar-refractivity contribution in [3.8, 4) is 11.5 Å². The van der Waals surface area contributed by atoms with E-state index in [1.807, 2.05) is 17.0 Å². The van der Waals surface area contributed by atoms with Crippen molar-refractivity contribution >= 4 is 11.8 Å². The second kappa shape index (κ2) is 7.85. The lowest BCUT2D eigenvalue weighted by molar-refractivity contribution is -0.131. The molecule has 2 rings (SSSR count). The van der Waals surface area contributed by atoms with Crippen molar-refractivity contribution in [2.75, 3.05) is 27.3 Å². The van der Waals surface area contributed by atoms with Gasteiger partial charge in [0.15, 0.2) is 11.5 Å². The van der Waals surface area contributed by atoms with E-state index >= 15 is 0 Å². The van der Waals surface area contributed by atoms with Crippen LogP contribution in [0.4, 0.5) is 0 Å². The maximum Gasteiger partial charge on any atom is 0.226 e. The van der Waals surface area contributed by atoms with Crippen molar-refractivity contribution < 1.29 is 19.1 Å². The van der Waals surface area contributed by atoms with E-state index in [0.29, 0.717) is 43.3 Å². The van der Waals surface area contributed by atoms with Crippen molar-refractivity contribution in [1.29, 1.82) is 0 Å². The smallest absolute Gasteiger partial charge is 0.226 e. The minimum atomic E-state index is -0.264. The van der Waals surface area contributed by atoms with Gasteiger partial charge in [-0.15, -0.1) is 0 Å². The molecule has 6 heteroatoms. The molecular weight excluding hydrogens is 296 g/mol. The summed E-state index contributed by atoms with van der Waals surface area (Å²) in [6.45, 7) is 1.37. The molecule has 2 N–H and O–H groups in total. The average molecular weight is 320 g/mol. The third-order valence-electron chi connectivity index (χ3n) is 4.26. The first-order valence-corrected chi connectivity index (χ1v) is 7.80. The third kappa shape index (κ3) is 4.61. The van der Waals surface area contributed by atoms with E-state index in [-0.39, 0.29) is 11.8 Å². The molecule has 1 aliphatic heterocycles. The van der Waals surface area contributed by atoms with Gasteiger partial charge in [-0.3, -0.25) is 9.59 Å². The Labute approximate surface area is 136 Å². The number of benzene rings is 1. The zero-order valence-corrected chi connectivity index (χ0v) is 13.7. The number of carbonyl (C=O) groups is 2. The summed E-state index contributed by atoms with van der Waals surface area (Å²) in [6, 6.07) is 5.51. The number of methoxy groups -OCH3 is 2. The summed E-state index contributed by atoms with van der Waals surface area (Å²) >= 11 is 0. The molecule has 0 aliphatic carbocycles. The van der Waals surface area contributed by atoms with Gasteiger partial charge in [-0.05, 0) is 36.5 Å². The number of amides is 2. The van der Waals surface area contributed by atoms with Gasteiger partial charge in [-0.2, -0.15) is 0 Å². The summed E-state index contributed by atoms with van der Waals surface area (Å²) in [4.78, 5) is 25.2. The summed E-state index contributed by atoms with van der Waals surface area (Å²) in [5, 5.41) is 0. The molecule has 1 aromatic carbocycles. The van der Waals surface area contributed by atoms with Gasteiger partial charge >= 0.3 is 0 Å². The van der Waals surface area contributed by atoms with Crippen LogP contribution < -0.4 is 15.2 Å². The summed E-state index contributed by atoms with van der Waals surface area (Å²) in [7, 11) is 3.16. The first-order chi connectivity index (χ1) is 11.0. The maximum absolute atomic E-state index is 12.4. The third-order valence-corrected chi connectivity index (χ3v) is 4.26. The van der Waals surface area contributed by atoms with Crippen LogP contribution in [0.3, 0.4) is 0 Å². The Kier molecular flexibility index (Phi) is 5.84. The SMILES string of the molecule is COc1ccc(CC(=O)N2CCC(CC(N)=O)CC2)cc1OC. The molecule has 1 aliphatic rings. The Hall–Kier alpha value is -2.24. The van der Waals surface area contributed by atoms with Gasteiger partial charge in [0.2, 0.25) is 11.8 Å². The Morgan fingerprint density at radius 3 is 2.39 bits per heavy atom. The molecule has 1 fully saturated rings. The fraction of sp³-hybridized carbons (Fsp3) is 0.529. The minimum Gasteiger partial charge on any atom is -0.493 e. The number of piperidine rings is 1. The zero-order chi connectivity index (χ0) is 16.8. The Morgan fingerprint density at radius 2 is 1.83 bits per heavy atom. The predicted molar refractivity (Wildman–Crippen MR) is 86.4 cm³/mol. The molecule has 1 saturated heterocycles. The largest absolute Gasteiger partial charge is 0.493 e. The highest BCUT2D eigenvalue weighted by Crippen LogP contribution is 2.28. The van der Waals surface area contributed by atoms with Crippen molar-refractivity contribution in [3.05, 3.63) is 23.8 Å². The lowest BCUT2D eigenvalue weighted by atomic mass is 9.93. The van der Waals surface area contributed by atoms with Gasteiger partial charge in [0.1, 0.15) is 0 Å². The number of likely N-dealkylation sites (tertiary alicyclic amines) is 1. The van der Waals surface area contributed by atoms with Crippen LogP contribution in [0.2, 0.25) is 0 Å². The van der Waals surface area contributed by atoms with Gasteiger partial charge in [0.05, 0.1) is 20.6 Å². The van der Waals surface area contributed by atoms with Crippen LogP contribution in [0.5, 0.6) is 11.5 Å². The molecule has 1 aromatic rings. The van der Waals surface area contributed by atoms with E-state index in [1.54, 1.807) is 20.3 Å². The summed E-state index contributed by atoms with van der Waals surface area (Å²) in [6.07, 6.45) is 2.42. The van der Waals surface area contributed by atoms with E-state index in [1.165, 1.54) is 0 Å². The van der Waals surface area contributed by atoms with Crippen LogP contribution >= 0.6 is 0 Å². The van der Waals surface area contributed by atoms with Crippen molar-refractivity contribution in [1.82, 2.24) is 4.90 Å². The van der Waals surface area contributed by atoms with Crippen molar-refractivity contribution in [2.45, 2.75) is 25.7 Å². The molecule has 2 amide bonds. The number of hydrogen-bond donors (Lipinski definition) is 1. The number of nitrogens with zero attached hydrogens (tertiary/aromatic N) is 1. The number of hydrogen-bond acceptors (Lipinski definition) is 4. The number of carbonyl (C=O) groups excluding carboxylic acids is 2. The second-order valence-electron chi connectivity index (χ2n) is 5.86. The Balaban J connectivity index is 1.91. The van der Waals surface area contributed by atoms with Crippen molar-refractivity contribution in [3.63, 3.8) is 0 Å². The van der Waals surface area contributed by atoms with E-state index in [9.17, 15) is 9.59 Å². The molecule has 0 spiro atoms. The van der Waals surface area contributed by atoms with Crippen LogP contribution in [0, 0.1) is 5.92 Å². The van der Waals surface area contributed by atoms with Crippen LogP contribution in [0.1, 0.15) is 24.8 Å². The van der Waals surface area contributed by atoms with Gasteiger partial charge < -0.3 is 20.1 Å². The standard InChI is InChI=1S/C17H24N2O4/c1-22-14-4-3-13(9-15(14)23-2)11-17(21)19-7-5-12(6-8-19)10-16(18)20/h3-4,9,12H,5-8,10-11H2,1-2H3,(H2,18,20). The summed E-state index contributed by atoms with van der Waals surface area (Å²) in [5.74, 6) is 1.40. The van der Waals surface area contributed by atoms with Gasteiger partial charge in [-0.1, -0.05) is 6.07 Å². The molecule has 0 atom stereocenters. The molecule has 0 bridgehead atoms. The first-order valence-electron chi connectivity index (χ1n) is 7.80. The highest BCUT2D eigenvalue weighted by Gasteiger charge is 2.24. The van der Waals surface area contributed by atoms with Gasteiger partial charge in [0.25, 0.3) is 0 Å². The molecule has 6 nitrogen and oxygen atoms in total. The first kappa shape index (κ1) is 17.1. The van der Waals surface area contributed by atoms with E-state index < -0.39 is 0 Å². The van der Waals surface area contributed by atoms with Crippen molar-refractivity contribution in [2.24, 2.45) is 11.7 Å². The van der Waals surface area contributed by atoms with Crippen LogP contribution in [-0.2, 0) is 16.0 Å². The van der Waals surface area contributed by atoms with E-state index in [4.69, 9.17) is 15.2 Å². The monoisotopic (exact) mass is 320 g/mol. The average Bonchev–Trinajstić information content (AvgIpc) is 2.54. The number of rotatable bonds is 6. The molecule has 126 valence electrons. The zero-order valence-electron chi connectivity index (χ0n) is 13.7. The van der Waals surface area contributed by atoms with Crippen LogP contribution in [-0.4, -0.2) is 44.0 Å². The highest BCUT2D eigenvalue weighted by molar-refractivity contribution is 5.79. The fourth-order valence-electron chi connectivity index (χ4n) is 2.95. The summed E-state index contributed by atoms with van der Waals surface area (Å²) in [5.41, 5.74) is 6.12. The number of nitrogens with two attached hydrogens (primary N) is 1. The predicted octanol–water partition coefficient (Wildman–Crippen LogP) is 1.36. The van der Waals surface area contributed by atoms with E-state index in [2.05, 4.69) is 0 Å². The number of primary amides is 1. The molecule has 23 heavy (non-hydrogen) atoms. The number of ether oxygens (including phenoxy) is 2. The Morgan fingerprint density at radius 1 is 1.17 bits per heavy atom. The van der Waals surface area contributed by atoms with Crippen LogP contribution in [0.25, 0.3) is 0 Å². The minimum absolute atomic E-state index is 0.0924. The molecule has 0 unspecified atom stereocenters. The molecule has 0 radical (unpaired) electrons. The van der Waals surface area contributed by atoms with Gasteiger partial charge in [-0.25, -0.2) is 0 Å². The normalized spacial score (nSPS) is 15.3. The highest BCUT2D eigenvalue weighted by atomic mass is 16.5. The topological polar surface area (TPSA) is 81.9 Å². The molecule has 1 heterocycles. The van der Waals surface area contributed by atoms with Crippen LogP contribution in [0.15, 0.2) is 18.2 Å². The lowest BCUT2D eigenvalue weighted by Gasteiger charge is -2.31. The van der Waals surface area contributed by atoms with E-state index in [0.717, 1.165) is 18.4 Å². The second-order valence-corrected chi connectivity index (χ2v) is 5.86. The van der Waals surface area contributed by atoms with Gasteiger partial charge in [0, 0.05) is 19.5 Å². The molecular formula is C17H24N2O4. The molecule has 0 aromatic heterocycles. The maximum atomic E-state index is 12.4. The quantitative estimate of drug-likeness (QED) is 0.858.